The van der Waals surface area contributed by atoms with Gasteiger partial charge in [0, 0.05) is 24.7 Å². The van der Waals surface area contributed by atoms with Crippen LogP contribution in [0.15, 0.2) is 24.3 Å². The number of likely N-dealkylation sites (tertiary alicyclic amines) is 1. The van der Waals surface area contributed by atoms with Crippen LogP contribution in [-0.4, -0.2) is 42.1 Å². The number of carbonyl (C=O) groups is 1. The molecule has 0 aliphatic carbocycles. The summed E-state index contributed by atoms with van der Waals surface area (Å²) in [6.45, 7) is 1.59. The predicted molar refractivity (Wildman–Crippen MR) is 66.1 cm³/mol. The number of nitrogens with zero attached hydrogens (tertiary/aromatic N) is 1. The van der Waals surface area contributed by atoms with Crippen molar-refractivity contribution in [2.75, 3.05) is 20.1 Å². The number of piperidine rings is 1. The van der Waals surface area contributed by atoms with Crippen molar-refractivity contribution in [1.29, 1.82) is 0 Å². The van der Waals surface area contributed by atoms with Gasteiger partial charge in [-0.25, -0.2) is 0 Å². The van der Waals surface area contributed by atoms with Crippen LogP contribution in [0.4, 0.5) is 0 Å². The second kappa shape index (κ2) is 5.19. The minimum atomic E-state index is 0.0551. The largest absolute Gasteiger partial charge is 0.508 e. The van der Waals surface area contributed by atoms with Gasteiger partial charge in [-0.1, -0.05) is 0 Å². The van der Waals surface area contributed by atoms with E-state index >= 15 is 0 Å². The molecule has 0 bridgehead atoms. The van der Waals surface area contributed by atoms with Crippen LogP contribution in [0.3, 0.4) is 0 Å². The third kappa shape index (κ3) is 2.77. The summed E-state index contributed by atoms with van der Waals surface area (Å²) in [6, 6.07) is 6.96. The van der Waals surface area contributed by atoms with Gasteiger partial charge in [0.15, 0.2) is 0 Å². The molecule has 1 fully saturated rings. The number of amides is 1. The lowest BCUT2D eigenvalue weighted by Crippen LogP contribution is -2.43. The highest BCUT2D eigenvalue weighted by molar-refractivity contribution is 5.94. The number of phenols is 1. The van der Waals surface area contributed by atoms with E-state index in [0.717, 1.165) is 25.9 Å². The summed E-state index contributed by atoms with van der Waals surface area (Å²) >= 11 is 0. The Kier molecular flexibility index (Phi) is 3.64. The van der Waals surface area contributed by atoms with Gasteiger partial charge in [-0.05, 0) is 44.2 Å². The molecule has 1 aromatic carbocycles. The van der Waals surface area contributed by atoms with Crippen LogP contribution in [0.2, 0.25) is 0 Å². The fourth-order valence-corrected chi connectivity index (χ4v) is 2.16. The maximum atomic E-state index is 12.1. The molecule has 1 aliphatic rings. The second-order valence-electron chi connectivity index (χ2n) is 4.40. The zero-order valence-corrected chi connectivity index (χ0v) is 10.0. The number of rotatable bonds is 2. The van der Waals surface area contributed by atoms with Gasteiger partial charge in [-0.15, -0.1) is 0 Å². The quantitative estimate of drug-likeness (QED) is 0.809. The fourth-order valence-electron chi connectivity index (χ4n) is 2.16. The summed E-state index contributed by atoms with van der Waals surface area (Å²) in [5, 5.41) is 12.4. The van der Waals surface area contributed by atoms with Gasteiger partial charge in [0.2, 0.25) is 0 Å². The minimum Gasteiger partial charge on any atom is -0.508 e. The van der Waals surface area contributed by atoms with Crippen molar-refractivity contribution in [3.63, 3.8) is 0 Å². The van der Waals surface area contributed by atoms with Crippen molar-refractivity contribution in [3.8, 4) is 5.75 Å². The lowest BCUT2D eigenvalue weighted by Gasteiger charge is -2.31. The normalized spacial score (nSPS) is 17.1. The third-order valence-corrected chi connectivity index (χ3v) is 3.30. The lowest BCUT2D eigenvalue weighted by atomic mass is 10.0. The summed E-state index contributed by atoms with van der Waals surface area (Å²) in [6.07, 6.45) is 2.00. The Bertz CT molecular complexity index is 381. The number of nitrogens with one attached hydrogen (secondary N) is 1. The van der Waals surface area contributed by atoms with Gasteiger partial charge >= 0.3 is 0 Å². The van der Waals surface area contributed by atoms with Crippen LogP contribution in [0.1, 0.15) is 23.2 Å². The van der Waals surface area contributed by atoms with E-state index in [0.29, 0.717) is 11.6 Å². The minimum absolute atomic E-state index is 0.0551. The Morgan fingerprint density at radius 3 is 2.41 bits per heavy atom. The molecule has 0 unspecified atom stereocenters. The number of hydrogen-bond acceptors (Lipinski definition) is 3. The summed E-state index contributed by atoms with van der Waals surface area (Å²) in [5.41, 5.74) is 0.644. The standard InChI is InChI=1S/C13H18N2O2/c1-14-11-6-8-15(9-7-11)13(17)10-2-4-12(16)5-3-10/h2-5,11,14,16H,6-9H2,1H3. The highest BCUT2D eigenvalue weighted by Crippen LogP contribution is 2.15. The molecule has 0 aromatic heterocycles. The van der Waals surface area contributed by atoms with E-state index in [2.05, 4.69) is 5.32 Å². The van der Waals surface area contributed by atoms with E-state index in [4.69, 9.17) is 0 Å². The molecular weight excluding hydrogens is 216 g/mol. The molecule has 4 heteroatoms. The topological polar surface area (TPSA) is 52.6 Å². The maximum absolute atomic E-state index is 12.1. The van der Waals surface area contributed by atoms with Crippen molar-refractivity contribution in [2.45, 2.75) is 18.9 Å². The molecule has 0 atom stereocenters. The molecule has 92 valence electrons. The first kappa shape index (κ1) is 11.9. The van der Waals surface area contributed by atoms with Crippen LogP contribution in [-0.2, 0) is 0 Å². The predicted octanol–water partition coefficient (Wildman–Crippen LogP) is 1.22. The monoisotopic (exact) mass is 234 g/mol. The van der Waals surface area contributed by atoms with Crippen molar-refractivity contribution >= 4 is 5.91 Å². The highest BCUT2D eigenvalue weighted by atomic mass is 16.3. The first-order valence-corrected chi connectivity index (χ1v) is 5.96. The van der Waals surface area contributed by atoms with E-state index in [1.807, 2.05) is 11.9 Å². The van der Waals surface area contributed by atoms with E-state index in [1.165, 1.54) is 0 Å². The second-order valence-corrected chi connectivity index (χ2v) is 4.40. The molecule has 0 spiro atoms. The van der Waals surface area contributed by atoms with Crippen LogP contribution in [0, 0.1) is 0 Å². The van der Waals surface area contributed by atoms with Crippen LogP contribution in [0.5, 0.6) is 5.75 Å². The van der Waals surface area contributed by atoms with Crippen molar-refractivity contribution < 1.29 is 9.90 Å². The molecule has 0 saturated carbocycles. The average Bonchev–Trinajstić information content (AvgIpc) is 2.39. The Hall–Kier alpha value is -1.55. The van der Waals surface area contributed by atoms with E-state index in [9.17, 15) is 9.90 Å². The number of phenolic OH excluding ortho intramolecular Hbond substituents is 1. The van der Waals surface area contributed by atoms with Crippen LogP contribution in [0.25, 0.3) is 0 Å². The molecular formula is C13H18N2O2. The first-order chi connectivity index (χ1) is 8.20. The SMILES string of the molecule is CNC1CCN(C(=O)c2ccc(O)cc2)CC1. The van der Waals surface area contributed by atoms with E-state index in [-0.39, 0.29) is 11.7 Å². The maximum Gasteiger partial charge on any atom is 0.253 e. The zero-order valence-electron chi connectivity index (χ0n) is 10.0. The van der Waals surface area contributed by atoms with Crippen LogP contribution >= 0.6 is 0 Å². The Morgan fingerprint density at radius 2 is 1.88 bits per heavy atom. The third-order valence-electron chi connectivity index (χ3n) is 3.30. The number of hydrogen-bond donors (Lipinski definition) is 2. The summed E-state index contributed by atoms with van der Waals surface area (Å²) in [5.74, 6) is 0.245. The van der Waals surface area contributed by atoms with Crippen LogP contribution < -0.4 is 5.32 Å². The number of aromatic hydroxyl groups is 1. The van der Waals surface area contributed by atoms with Gasteiger partial charge in [-0.2, -0.15) is 0 Å². The van der Waals surface area contributed by atoms with E-state index < -0.39 is 0 Å². The van der Waals surface area contributed by atoms with Gasteiger partial charge in [0.25, 0.3) is 5.91 Å². The molecule has 0 radical (unpaired) electrons. The number of benzene rings is 1. The van der Waals surface area contributed by atoms with Gasteiger partial charge in [0.1, 0.15) is 5.75 Å². The first-order valence-electron chi connectivity index (χ1n) is 5.96. The zero-order chi connectivity index (χ0) is 12.3. The average molecular weight is 234 g/mol. The molecule has 1 aromatic rings. The molecule has 1 aliphatic heterocycles. The van der Waals surface area contributed by atoms with E-state index in [1.54, 1.807) is 24.3 Å². The highest BCUT2D eigenvalue weighted by Gasteiger charge is 2.22. The molecule has 2 N–H and O–H groups in total. The smallest absolute Gasteiger partial charge is 0.253 e. The van der Waals surface area contributed by atoms with Gasteiger partial charge in [-0.3, -0.25) is 4.79 Å². The number of carbonyl (C=O) groups excluding carboxylic acids is 1. The molecule has 17 heavy (non-hydrogen) atoms. The fraction of sp³-hybridized carbons (Fsp3) is 0.462. The Morgan fingerprint density at radius 1 is 1.29 bits per heavy atom. The molecule has 1 amide bonds. The van der Waals surface area contributed by atoms with Gasteiger partial charge in [0.05, 0.1) is 0 Å². The summed E-state index contributed by atoms with van der Waals surface area (Å²) < 4.78 is 0. The summed E-state index contributed by atoms with van der Waals surface area (Å²) in [7, 11) is 1.96. The van der Waals surface area contributed by atoms with Crippen molar-refractivity contribution in [3.05, 3.63) is 29.8 Å². The molecule has 1 heterocycles. The lowest BCUT2D eigenvalue weighted by molar-refractivity contribution is 0.0707. The molecule has 4 nitrogen and oxygen atoms in total. The van der Waals surface area contributed by atoms with Gasteiger partial charge < -0.3 is 15.3 Å². The summed E-state index contributed by atoms with van der Waals surface area (Å²) in [4.78, 5) is 14.0. The van der Waals surface area contributed by atoms with Crippen molar-refractivity contribution in [2.24, 2.45) is 0 Å². The molecule has 2 rings (SSSR count). The van der Waals surface area contributed by atoms with Crippen molar-refractivity contribution in [1.82, 2.24) is 10.2 Å². The Labute approximate surface area is 101 Å². The Balaban J connectivity index is 1.99. The molecule has 1 saturated heterocycles.